The number of aromatic nitrogens is 1. The third-order valence-electron chi connectivity index (χ3n) is 9.76. The van der Waals surface area contributed by atoms with Gasteiger partial charge in [0.2, 0.25) is 0 Å². The summed E-state index contributed by atoms with van der Waals surface area (Å²) in [5.41, 5.74) is 9.57. The summed E-state index contributed by atoms with van der Waals surface area (Å²) in [7, 11) is 0. The van der Waals surface area contributed by atoms with Crippen LogP contribution in [0.4, 0.5) is 17.1 Å². The van der Waals surface area contributed by atoms with Crippen LogP contribution in [0.3, 0.4) is 0 Å². The van der Waals surface area contributed by atoms with E-state index in [0.717, 1.165) is 5.69 Å². The number of rotatable bonds is 5. The Bertz CT molecular complexity index is 2820. The van der Waals surface area contributed by atoms with Crippen molar-refractivity contribution in [1.29, 1.82) is 0 Å². The minimum absolute atomic E-state index is 1.15. The van der Waals surface area contributed by atoms with E-state index in [2.05, 4.69) is 191 Å². The Morgan fingerprint density at radius 1 is 0.408 bits per heavy atom. The summed E-state index contributed by atoms with van der Waals surface area (Å²) >= 11 is 1.88. The number of nitrogens with zero attached hydrogens (tertiary/aromatic N) is 2. The third-order valence-corrected chi connectivity index (χ3v) is 11.0. The van der Waals surface area contributed by atoms with Gasteiger partial charge in [0.1, 0.15) is 0 Å². The predicted octanol–water partition coefficient (Wildman–Crippen LogP) is 13.4. The lowest BCUT2D eigenvalue weighted by atomic mass is 10.0. The first-order valence-electron chi connectivity index (χ1n) is 16.7. The van der Waals surface area contributed by atoms with Crippen molar-refractivity contribution in [3.05, 3.63) is 182 Å². The van der Waals surface area contributed by atoms with Gasteiger partial charge in [-0.15, -0.1) is 11.3 Å². The van der Waals surface area contributed by atoms with Gasteiger partial charge in [0, 0.05) is 43.0 Å². The van der Waals surface area contributed by atoms with E-state index in [1.807, 2.05) is 11.3 Å². The van der Waals surface area contributed by atoms with Gasteiger partial charge in [0.25, 0.3) is 0 Å². The molecule has 0 spiro atoms. The second-order valence-electron chi connectivity index (χ2n) is 12.6. The highest BCUT2D eigenvalue weighted by molar-refractivity contribution is 7.26. The van der Waals surface area contributed by atoms with Gasteiger partial charge >= 0.3 is 0 Å². The molecule has 3 heteroatoms. The molecule has 0 bridgehead atoms. The molecule has 0 amide bonds. The first kappa shape index (κ1) is 27.9. The monoisotopic (exact) mass is 642 g/mol. The molecular formula is C46H30N2S. The Labute approximate surface area is 288 Å². The van der Waals surface area contributed by atoms with Crippen LogP contribution in [-0.4, -0.2) is 4.57 Å². The summed E-state index contributed by atoms with van der Waals surface area (Å²) in [6.07, 6.45) is 0. The molecule has 0 aliphatic rings. The van der Waals surface area contributed by atoms with Gasteiger partial charge in [-0.1, -0.05) is 127 Å². The Kier molecular flexibility index (Phi) is 6.39. The average molecular weight is 643 g/mol. The van der Waals surface area contributed by atoms with Crippen LogP contribution in [0.25, 0.3) is 69.6 Å². The maximum Gasteiger partial charge on any atom is 0.0640 e. The maximum atomic E-state index is 2.43. The molecule has 0 N–H and O–H groups in total. The van der Waals surface area contributed by atoms with Gasteiger partial charge in [0.05, 0.1) is 27.1 Å². The average Bonchev–Trinajstić information content (AvgIpc) is 3.71. The van der Waals surface area contributed by atoms with E-state index in [4.69, 9.17) is 0 Å². The lowest BCUT2D eigenvalue weighted by Crippen LogP contribution is -2.10. The van der Waals surface area contributed by atoms with Crippen molar-refractivity contribution >= 4 is 81.1 Å². The summed E-state index contributed by atoms with van der Waals surface area (Å²) in [5.74, 6) is 0. The second-order valence-corrected chi connectivity index (χ2v) is 13.6. The van der Waals surface area contributed by atoms with Crippen molar-refractivity contribution in [2.75, 3.05) is 4.90 Å². The molecule has 0 saturated heterocycles. The summed E-state index contributed by atoms with van der Waals surface area (Å²) in [4.78, 5) is 2.43. The molecule has 0 saturated carbocycles. The standard InChI is InChI=1S/C46H30N2S/c1-3-15-34(16-4-1)47(41-23-11-14-31-13-7-8-19-36(31)41)43-24-12-21-40-39-28-26-33(30-45(39)49-46(40)43)32-25-27-38-37-20-9-10-22-42(37)48(44(38)29-32)35-17-5-2-6-18-35/h1-30H. The van der Waals surface area contributed by atoms with E-state index in [1.165, 1.54) is 80.9 Å². The second kappa shape index (κ2) is 11.2. The van der Waals surface area contributed by atoms with Crippen molar-refractivity contribution in [1.82, 2.24) is 4.57 Å². The summed E-state index contributed by atoms with van der Waals surface area (Å²) in [6.45, 7) is 0. The van der Waals surface area contributed by atoms with Crippen molar-refractivity contribution in [3.63, 3.8) is 0 Å². The minimum atomic E-state index is 1.15. The fraction of sp³-hybridized carbons (Fsp3) is 0. The van der Waals surface area contributed by atoms with Crippen LogP contribution in [0.15, 0.2) is 182 Å². The van der Waals surface area contributed by atoms with Crippen LogP contribution in [-0.2, 0) is 0 Å². The molecule has 0 aliphatic heterocycles. The van der Waals surface area contributed by atoms with Crippen LogP contribution >= 0.6 is 11.3 Å². The Morgan fingerprint density at radius 3 is 1.88 bits per heavy atom. The highest BCUT2D eigenvalue weighted by Crippen LogP contribution is 2.47. The molecule has 8 aromatic carbocycles. The van der Waals surface area contributed by atoms with E-state index in [1.54, 1.807) is 0 Å². The minimum Gasteiger partial charge on any atom is -0.309 e. The summed E-state index contributed by atoms with van der Waals surface area (Å²) < 4.78 is 4.96. The fourth-order valence-electron chi connectivity index (χ4n) is 7.53. The number of thiophene rings is 1. The molecule has 10 rings (SSSR count). The Morgan fingerprint density at radius 2 is 1.02 bits per heavy atom. The molecule has 230 valence electrons. The van der Waals surface area contributed by atoms with Gasteiger partial charge in [-0.25, -0.2) is 0 Å². The Balaban J connectivity index is 1.16. The molecule has 0 unspecified atom stereocenters. The van der Waals surface area contributed by atoms with E-state index < -0.39 is 0 Å². The van der Waals surface area contributed by atoms with Crippen LogP contribution in [0, 0.1) is 0 Å². The zero-order chi connectivity index (χ0) is 32.3. The summed E-state index contributed by atoms with van der Waals surface area (Å²) in [6, 6.07) is 66.1. The van der Waals surface area contributed by atoms with Gasteiger partial charge in [0.15, 0.2) is 0 Å². The van der Waals surface area contributed by atoms with Gasteiger partial charge < -0.3 is 9.47 Å². The highest BCUT2D eigenvalue weighted by atomic mass is 32.1. The molecular weight excluding hydrogens is 613 g/mol. The molecule has 0 radical (unpaired) electrons. The number of hydrogen-bond acceptors (Lipinski definition) is 2. The quantitative estimate of drug-likeness (QED) is 0.181. The zero-order valence-electron chi connectivity index (χ0n) is 26.6. The van der Waals surface area contributed by atoms with Crippen LogP contribution in [0.1, 0.15) is 0 Å². The zero-order valence-corrected chi connectivity index (χ0v) is 27.4. The SMILES string of the molecule is c1ccc(N(c2cccc3ccccc23)c2cccc3c2sc2cc(-c4ccc5c6ccccc6n(-c6ccccc6)c5c4)ccc23)cc1. The van der Waals surface area contributed by atoms with Crippen LogP contribution < -0.4 is 4.90 Å². The van der Waals surface area contributed by atoms with Crippen LogP contribution in [0.5, 0.6) is 0 Å². The first-order chi connectivity index (χ1) is 24.3. The molecule has 0 fully saturated rings. The smallest absolute Gasteiger partial charge is 0.0640 e. The highest BCUT2D eigenvalue weighted by Gasteiger charge is 2.20. The predicted molar refractivity (Wildman–Crippen MR) is 211 cm³/mol. The molecule has 2 heterocycles. The van der Waals surface area contributed by atoms with Crippen molar-refractivity contribution in [2.24, 2.45) is 0 Å². The van der Waals surface area contributed by atoms with Gasteiger partial charge in [-0.3, -0.25) is 0 Å². The van der Waals surface area contributed by atoms with Crippen molar-refractivity contribution < 1.29 is 0 Å². The fourth-order valence-corrected chi connectivity index (χ4v) is 8.78. The van der Waals surface area contributed by atoms with E-state index in [9.17, 15) is 0 Å². The molecule has 2 aromatic heterocycles. The normalized spacial score (nSPS) is 11.7. The first-order valence-corrected chi connectivity index (χ1v) is 17.5. The lowest BCUT2D eigenvalue weighted by Gasteiger charge is -2.27. The van der Waals surface area contributed by atoms with Crippen molar-refractivity contribution in [2.45, 2.75) is 0 Å². The van der Waals surface area contributed by atoms with Crippen molar-refractivity contribution in [3.8, 4) is 16.8 Å². The number of anilines is 3. The third kappa shape index (κ3) is 4.47. The largest absolute Gasteiger partial charge is 0.309 e. The topological polar surface area (TPSA) is 8.17 Å². The Hall–Kier alpha value is -6.16. The number of benzene rings is 8. The molecule has 10 aromatic rings. The molecule has 0 aliphatic carbocycles. The molecule has 2 nitrogen and oxygen atoms in total. The maximum absolute atomic E-state index is 2.43. The molecule has 0 atom stereocenters. The van der Waals surface area contributed by atoms with E-state index in [-0.39, 0.29) is 0 Å². The number of hydrogen-bond donors (Lipinski definition) is 0. The number of para-hydroxylation sites is 3. The van der Waals surface area contributed by atoms with E-state index >= 15 is 0 Å². The van der Waals surface area contributed by atoms with Gasteiger partial charge in [-0.2, -0.15) is 0 Å². The van der Waals surface area contributed by atoms with E-state index in [0.29, 0.717) is 0 Å². The number of fused-ring (bicyclic) bond motifs is 7. The lowest BCUT2D eigenvalue weighted by molar-refractivity contribution is 1.18. The van der Waals surface area contributed by atoms with Crippen LogP contribution in [0.2, 0.25) is 0 Å². The van der Waals surface area contributed by atoms with Gasteiger partial charge in [-0.05, 0) is 71.1 Å². The molecule has 49 heavy (non-hydrogen) atoms. The summed E-state index contributed by atoms with van der Waals surface area (Å²) in [5, 5.41) is 7.58.